The number of ether oxygens (including phenoxy) is 1. The Morgan fingerprint density at radius 3 is 2.85 bits per heavy atom. The van der Waals surface area contributed by atoms with Crippen molar-refractivity contribution in [2.75, 3.05) is 19.7 Å². The Balaban J connectivity index is 1.64. The molecule has 2 atom stereocenters. The van der Waals surface area contributed by atoms with Gasteiger partial charge in [-0.05, 0) is 38.6 Å². The van der Waals surface area contributed by atoms with Crippen molar-refractivity contribution in [1.29, 1.82) is 0 Å². The zero-order valence-electron chi connectivity index (χ0n) is 12.5. The average Bonchev–Trinajstić information content (AvgIpc) is 3.08. The maximum Gasteiger partial charge on any atom is 0.229 e. The fraction of sp³-hybridized carbons (Fsp3) is 0.867. The Morgan fingerprint density at radius 2 is 2.15 bits per heavy atom. The molecule has 1 aromatic heterocycles. The second-order valence-corrected chi connectivity index (χ2v) is 6.29. The van der Waals surface area contributed by atoms with Crippen molar-refractivity contribution in [3.63, 3.8) is 0 Å². The lowest BCUT2D eigenvalue weighted by atomic mass is 10.1. The third-order valence-electron chi connectivity index (χ3n) is 4.33. The SMILES string of the molecule is CC(C)c1nc([C@@H]2CCCN2C[C@H]2CCCCO2)no1. The van der Waals surface area contributed by atoms with Gasteiger partial charge in [0.05, 0.1) is 12.1 Å². The molecule has 0 aromatic carbocycles. The topological polar surface area (TPSA) is 51.4 Å². The van der Waals surface area contributed by atoms with Gasteiger partial charge in [0.2, 0.25) is 5.89 Å². The van der Waals surface area contributed by atoms with Crippen LogP contribution in [0.15, 0.2) is 4.52 Å². The molecule has 5 nitrogen and oxygen atoms in total. The Labute approximate surface area is 120 Å². The summed E-state index contributed by atoms with van der Waals surface area (Å²) in [6, 6.07) is 0.316. The van der Waals surface area contributed by atoms with Crippen LogP contribution in [-0.4, -0.2) is 40.8 Å². The molecule has 112 valence electrons. The molecule has 20 heavy (non-hydrogen) atoms. The average molecular weight is 279 g/mol. The molecule has 2 aliphatic rings. The van der Waals surface area contributed by atoms with Crippen LogP contribution >= 0.6 is 0 Å². The molecule has 2 fully saturated rings. The molecule has 0 amide bonds. The quantitative estimate of drug-likeness (QED) is 0.848. The van der Waals surface area contributed by atoms with Gasteiger partial charge in [-0.3, -0.25) is 4.90 Å². The number of rotatable bonds is 4. The van der Waals surface area contributed by atoms with Crippen LogP contribution in [0.4, 0.5) is 0 Å². The van der Waals surface area contributed by atoms with E-state index >= 15 is 0 Å². The fourth-order valence-electron chi connectivity index (χ4n) is 3.17. The lowest BCUT2D eigenvalue weighted by Crippen LogP contribution is -2.35. The first-order valence-electron chi connectivity index (χ1n) is 7.93. The van der Waals surface area contributed by atoms with Crippen molar-refractivity contribution in [2.24, 2.45) is 0 Å². The lowest BCUT2D eigenvalue weighted by molar-refractivity contribution is -0.00870. The van der Waals surface area contributed by atoms with Gasteiger partial charge in [-0.2, -0.15) is 4.98 Å². The minimum Gasteiger partial charge on any atom is -0.377 e. The molecule has 0 saturated carbocycles. The number of likely N-dealkylation sites (tertiary alicyclic amines) is 1. The number of hydrogen-bond acceptors (Lipinski definition) is 5. The number of hydrogen-bond donors (Lipinski definition) is 0. The van der Waals surface area contributed by atoms with E-state index in [-0.39, 0.29) is 0 Å². The molecule has 0 spiro atoms. The maximum atomic E-state index is 5.86. The first-order chi connectivity index (χ1) is 9.74. The highest BCUT2D eigenvalue weighted by Gasteiger charge is 2.32. The first-order valence-corrected chi connectivity index (χ1v) is 7.93. The molecule has 1 aromatic rings. The van der Waals surface area contributed by atoms with Crippen LogP contribution in [0.2, 0.25) is 0 Å². The van der Waals surface area contributed by atoms with Gasteiger partial charge in [-0.25, -0.2) is 0 Å². The van der Waals surface area contributed by atoms with Gasteiger partial charge in [0.1, 0.15) is 0 Å². The van der Waals surface area contributed by atoms with Crippen LogP contribution in [0.5, 0.6) is 0 Å². The van der Waals surface area contributed by atoms with E-state index in [1.807, 2.05) is 0 Å². The normalized spacial score (nSPS) is 28.4. The van der Waals surface area contributed by atoms with Gasteiger partial charge in [-0.15, -0.1) is 0 Å². The smallest absolute Gasteiger partial charge is 0.229 e. The maximum absolute atomic E-state index is 5.86. The Bertz CT molecular complexity index is 427. The molecule has 0 aliphatic carbocycles. The van der Waals surface area contributed by atoms with Crippen LogP contribution in [0, 0.1) is 0 Å². The second kappa shape index (κ2) is 6.22. The van der Waals surface area contributed by atoms with E-state index in [9.17, 15) is 0 Å². The highest BCUT2D eigenvalue weighted by atomic mass is 16.5. The molecule has 3 heterocycles. The summed E-state index contributed by atoms with van der Waals surface area (Å²) in [7, 11) is 0. The van der Waals surface area contributed by atoms with E-state index in [0.29, 0.717) is 18.1 Å². The van der Waals surface area contributed by atoms with Crippen molar-refractivity contribution in [1.82, 2.24) is 15.0 Å². The highest BCUT2D eigenvalue weighted by molar-refractivity contribution is 5.00. The van der Waals surface area contributed by atoms with E-state index in [0.717, 1.165) is 37.8 Å². The lowest BCUT2D eigenvalue weighted by Gasteiger charge is -2.29. The van der Waals surface area contributed by atoms with Gasteiger partial charge in [0, 0.05) is 19.1 Å². The third kappa shape index (κ3) is 3.04. The molecule has 0 N–H and O–H groups in total. The molecule has 0 bridgehead atoms. The van der Waals surface area contributed by atoms with Crippen LogP contribution < -0.4 is 0 Å². The first kappa shape index (κ1) is 14.0. The van der Waals surface area contributed by atoms with Crippen molar-refractivity contribution in [2.45, 2.75) is 64.0 Å². The van der Waals surface area contributed by atoms with E-state index < -0.39 is 0 Å². The van der Waals surface area contributed by atoms with Crippen LogP contribution in [0.3, 0.4) is 0 Å². The van der Waals surface area contributed by atoms with Crippen LogP contribution in [0.1, 0.15) is 69.6 Å². The Kier molecular flexibility index (Phi) is 4.36. The highest BCUT2D eigenvalue weighted by Crippen LogP contribution is 2.31. The molecule has 5 heteroatoms. The van der Waals surface area contributed by atoms with Gasteiger partial charge in [-0.1, -0.05) is 19.0 Å². The van der Waals surface area contributed by atoms with Gasteiger partial charge in [0.25, 0.3) is 0 Å². The fourth-order valence-corrected chi connectivity index (χ4v) is 3.17. The summed E-state index contributed by atoms with van der Waals surface area (Å²) in [5, 5.41) is 4.19. The zero-order chi connectivity index (χ0) is 13.9. The van der Waals surface area contributed by atoms with Crippen molar-refractivity contribution in [3.8, 4) is 0 Å². The van der Waals surface area contributed by atoms with Gasteiger partial charge >= 0.3 is 0 Å². The van der Waals surface area contributed by atoms with Gasteiger partial charge in [0.15, 0.2) is 5.82 Å². The van der Waals surface area contributed by atoms with Crippen LogP contribution in [-0.2, 0) is 4.74 Å². The molecular formula is C15H25N3O2. The van der Waals surface area contributed by atoms with E-state index in [4.69, 9.17) is 9.26 Å². The summed E-state index contributed by atoms with van der Waals surface area (Å²) in [6.45, 7) is 7.22. The predicted molar refractivity (Wildman–Crippen MR) is 75.5 cm³/mol. The molecular weight excluding hydrogens is 254 g/mol. The minimum atomic E-state index is 0.299. The molecule has 3 rings (SSSR count). The molecule has 2 aliphatic heterocycles. The molecule has 0 radical (unpaired) electrons. The van der Waals surface area contributed by atoms with Crippen molar-refractivity contribution >= 4 is 0 Å². The summed E-state index contributed by atoms with van der Waals surface area (Å²) in [5.41, 5.74) is 0. The van der Waals surface area contributed by atoms with Crippen molar-refractivity contribution < 1.29 is 9.26 Å². The van der Waals surface area contributed by atoms with Crippen molar-refractivity contribution in [3.05, 3.63) is 11.7 Å². The van der Waals surface area contributed by atoms with E-state index in [1.165, 1.54) is 25.7 Å². The zero-order valence-corrected chi connectivity index (χ0v) is 12.5. The standard InChI is InChI=1S/C15H25N3O2/c1-11(2)15-16-14(17-20-15)13-7-5-8-18(13)10-12-6-3-4-9-19-12/h11-13H,3-10H2,1-2H3/t12-,13+/m1/s1. The predicted octanol–water partition coefficient (Wildman–Crippen LogP) is 2.90. The number of nitrogens with zero attached hydrogens (tertiary/aromatic N) is 3. The summed E-state index contributed by atoms with van der Waals surface area (Å²) in [5.74, 6) is 1.91. The van der Waals surface area contributed by atoms with E-state index in [1.54, 1.807) is 0 Å². The minimum absolute atomic E-state index is 0.299. The molecule has 2 saturated heterocycles. The Hall–Kier alpha value is -0.940. The largest absolute Gasteiger partial charge is 0.377 e. The van der Waals surface area contributed by atoms with Gasteiger partial charge < -0.3 is 9.26 Å². The summed E-state index contributed by atoms with van der Waals surface area (Å²) in [6.07, 6.45) is 6.42. The van der Waals surface area contributed by atoms with Crippen LogP contribution in [0.25, 0.3) is 0 Å². The third-order valence-corrected chi connectivity index (χ3v) is 4.33. The number of aromatic nitrogens is 2. The summed E-state index contributed by atoms with van der Waals surface area (Å²) in [4.78, 5) is 7.05. The summed E-state index contributed by atoms with van der Waals surface area (Å²) >= 11 is 0. The monoisotopic (exact) mass is 279 g/mol. The second-order valence-electron chi connectivity index (χ2n) is 6.29. The van der Waals surface area contributed by atoms with E-state index in [2.05, 4.69) is 28.9 Å². The molecule has 0 unspecified atom stereocenters. The summed E-state index contributed by atoms with van der Waals surface area (Å²) < 4.78 is 11.2. The Morgan fingerprint density at radius 1 is 1.25 bits per heavy atom.